The first-order chi connectivity index (χ1) is 7.74. The maximum absolute atomic E-state index is 6.02. The van der Waals surface area contributed by atoms with Gasteiger partial charge in [-0.3, -0.25) is 0 Å². The van der Waals surface area contributed by atoms with Gasteiger partial charge in [-0.1, -0.05) is 55.5 Å². The second-order valence-electron chi connectivity index (χ2n) is 4.17. The molecule has 1 heteroatoms. The van der Waals surface area contributed by atoms with E-state index in [0.29, 0.717) is 5.92 Å². The lowest BCUT2D eigenvalue weighted by Crippen LogP contribution is -2.23. The summed E-state index contributed by atoms with van der Waals surface area (Å²) >= 11 is 0. The fraction of sp³-hybridized carbons (Fsp3) is 0.200. The van der Waals surface area contributed by atoms with Gasteiger partial charge in [0.2, 0.25) is 0 Å². The molecular formula is C15H17N. The van der Waals surface area contributed by atoms with Gasteiger partial charge in [-0.25, -0.2) is 0 Å². The molecule has 16 heavy (non-hydrogen) atoms. The van der Waals surface area contributed by atoms with Crippen LogP contribution in [-0.2, 0) is 0 Å². The zero-order chi connectivity index (χ0) is 11.5. The summed E-state index contributed by atoms with van der Waals surface area (Å²) in [5, 5.41) is 2.55. The monoisotopic (exact) mass is 211 g/mol. The molecule has 0 aliphatic carbocycles. The highest BCUT2D eigenvalue weighted by Crippen LogP contribution is 2.27. The van der Waals surface area contributed by atoms with Crippen LogP contribution in [0.5, 0.6) is 0 Å². The Morgan fingerprint density at radius 3 is 2.56 bits per heavy atom. The molecule has 0 aliphatic heterocycles. The lowest BCUT2D eigenvalue weighted by Gasteiger charge is -2.18. The Labute approximate surface area is 96.6 Å². The first-order valence-corrected chi connectivity index (χ1v) is 5.60. The van der Waals surface area contributed by atoms with E-state index in [1.54, 1.807) is 0 Å². The third-order valence-corrected chi connectivity index (χ3v) is 3.16. The predicted molar refractivity (Wildman–Crippen MR) is 70.5 cm³/mol. The van der Waals surface area contributed by atoms with Crippen molar-refractivity contribution in [2.45, 2.75) is 18.9 Å². The molecule has 0 aromatic heterocycles. The normalized spacial score (nSPS) is 14.6. The molecule has 0 heterocycles. The topological polar surface area (TPSA) is 26.0 Å². The maximum Gasteiger partial charge on any atom is 0.0288 e. The zero-order valence-electron chi connectivity index (χ0n) is 9.56. The summed E-state index contributed by atoms with van der Waals surface area (Å²) in [5.41, 5.74) is 7.32. The highest BCUT2D eigenvalue weighted by molar-refractivity contribution is 5.86. The Kier molecular flexibility index (Phi) is 3.07. The maximum atomic E-state index is 6.02. The quantitative estimate of drug-likeness (QED) is 0.773. The third-order valence-electron chi connectivity index (χ3n) is 3.16. The van der Waals surface area contributed by atoms with Gasteiger partial charge in [-0.15, -0.1) is 6.58 Å². The van der Waals surface area contributed by atoms with E-state index in [1.807, 2.05) is 6.08 Å². The van der Waals surface area contributed by atoms with Crippen molar-refractivity contribution in [2.75, 3.05) is 0 Å². The number of hydrogen-bond donors (Lipinski definition) is 1. The highest BCUT2D eigenvalue weighted by Gasteiger charge is 2.13. The fourth-order valence-corrected chi connectivity index (χ4v) is 2.06. The van der Waals surface area contributed by atoms with Gasteiger partial charge in [0.05, 0.1) is 0 Å². The summed E-state index contributed by atoms with van der Waals surface area (Å²) in [5.74, 6) is 0.295. The molecule has 0 spiro atoms. The Balaban J connectivity index is 2.56. The van der Waals surface area contributed by atoms with E-state index in [4.69, 9.17) is 5.73 Å². The summed E-state index contributed by atoms with van der Waals surface area (Å²) in [7, 11) is 0. The summed E-state index contributed by atoms with van der Waals surface area (Å²) in [6.07, 6.45) is 1.81. The van der Waals surface area contributed by atoms with Gasteiger partial charge in [0.1, 0.15) is 0 Å². The van der Waals surface area contributed by atoms with E-state index in [-0.39, 0.29) is 6.04 Å². The molecule has 1 nitrogen and oxygen atoms in total. The summed E-state index contributed by atoms with van der Waals surface area (Å²) in [6, 6.07) is 14.8. The van der Waals surface area contributed by atoms with E-state index in [0.717, 1.165) is 0 Å². The van der Waals surface area contributed by atoms with Gasteiger partial charge < -0.3 is 5.73 Å². The van der Waals surface area contributed by atoms with Crippen molar-refractivity contribution in [1.82, 2.24) is 0 Å². The first kappa shape index (κ1) is 10.9. The molecule has 0 saturated heterocycles. The molecule has 0 fully saturated rings. The van der Waals surface area contributed by atoms with Crippen molar-refractivity contribution >= 4 is 10.8 Å². The molecule has 2 unspecified atom stereocenters. The minimum atomic E-state index is 0.00538. The first-order valence-electron chi connectivity index (χ1n) is 5.60. The largest absolute Gasteiger partial charge is 0.324 e. The summed E-state index contributed by atoms with van der Waals surface area (Å²) < 4.78 is 0. The minimum Gasteiger partial charge on any atom is -0.324 e. The summed E-state index contributed by atoms with van der Waals surface area (Å²) in [6.45, 7) is 5.91. The molecule has 0 bridgehead atoms. The predicted octanol–water partition coefficient (Wildman–Crippen LogP) is 3.46. The summed E-state index contributed by atoms with van der Waals surface area (Å²) in [4.78, 5) is 0. The molecular weight excluding hydrogens is 194 g/mol. The Morgan fingerprint density at radius 2 is 1.81 bits per heavy atom. The van der Waals surface area contributed by atoms with Gasteiger partial charge in [-0.05, 0) is 16.3 Å². The SMILES string of the molecule is C=CC(N)C(C)c1cccc2ccccc12. The van der Waals surface area contributed by atoms with E-state index in [9.17, 15) is 0 Å². The van der Waals surface area contributed by atoms with Crippen LogP contribution < -0.4 is 5.73 Å². The molecule has 0 amide bonds. The van der Waals surface area contributed by atoms with Crippen molar-refractivity contribution in [3.05, 3.63) is 60.7 Å². The van der Waals surface area contributed by atoms with E-state index in [2.05, 4.69) is 56.0 Å². The average molecular weight is 211 g/mol. The molecule has 0 radical (unpaired) electrons. The molecule has 2 aromatic carbocycles. The van der Waals surface area contributed by atoms with Gasteiger partial charge in [-0.2, -0.15) is 0 Å². The van der Waals surface area contributed by atoms with Crippen LogP contribution in [0.15, 0.2) is 55.1 Å². The number of fused-ring (bicyclic) bond motifs is 1. The van der Waals surface area contributed by atoms with Gasteiger partial charge in [0, 0.05) is 12.0 Å². The minimum absolute atomic E-state index is 0.00538. The van der Waals surface area contributed by atoms with Crippen molar-refractivity contribution in [3.63, 3.8) is 0 Å². The molecule has 2 N–H and O–H groups in total. The van der Waals surface area contributed by atoms with Crippen molar-refractivity contribution < 1.29 is 0 Å². The van der Waals surface area contributed by atoms with E-state index < -0.39 is 0 Å². The molecule has 2 rings (SSSR count). The Morgan fingerprint density at radius 1 is 1.12 bits per heavy atom. The molecule has 82 valence electrons. The molecule has 0 saturated carbocycles. The zero-order valence-corrected chi connectivity index (χ0v) is 9.56. The van der Waals surface area contributed by atoms with Crippen molar-refractivity contribution in [1.29, 1.82) is 0 Å². The standard InChI is InChI=1S/C15H17N/c1-3-15(16)11(2)13-10-6-8-12-7-4-5-9-14(12)13/h3-11,15H,1,16H2,2H3. The van der Waals surface area contributed by atoms with Crippen LogP contribution in [0.4, 0.5) is 0 Å². The average Bonchev–Trinajstić information content (AvgIpc) is 2.36. The van der Waals surface area contributed by atoms with Crippen LogP contribution in [0.25, 0.3) is 10.8 Å². The van der Waals surface area contributed by atoms with Crippen LogP contribution in [0.1, 0.15) is 18.4 Å². The lowest BCUT2D eigenvalue weighted by molar-refractivity contribution is 0.669. The fourth-order valence-electron chi connectivity index (χ4n) is 2.06. The van der Waals surface area contributed by atoms with Crippen LogP contribution in [0.2, 0.25) is 0 Å². The lowest BCUT2D eigenvalue weighted by atomic mass is 9.90. The second-order valence-corrected chi connectivity index (χ2v) is 4.17. The third kappa shape index (κ3) is 1.86. The number of benzene rings is 2. The van der Waals surface area contributed by atoms with Crippen LogP contribution in [0, 0.1) is 0 Å². The molecule has 2 atom stereocenters. The van der Waals surface area contributed by atoms with Crippen LogP contribution in [0.3, 0.4) is 0 Å². The van der Waals surface area contributed by atoms with Crippen molar-refractivity contribution in [2.24, 2.45) is 5.73 Å². The molecule has 2 aromatic rings. The highest BCUT2D eigenvalue weighted by atomic mass is 14.6. The van der Waals surface area contributed by atoms with Crippen molar-refractivity contribution in [3.8, 4) is 0 Å². The van der Waals surface area contributed by atoms with Crippen LogP contribution >= 0.6 is 0 Å². The van der Waals surface area contributed by atoms with Crippen LogP contribution in [-0.4, -0.2) is 6.04 Å². The van der Waals surface area contributed by atoms with Gasteiger partial charge in [0.25, 0.3) is 0 Å². The Hall–Kier alpha value is -1.60. The number of hydrogen-bond acceptors (Lipinski definition) is 1. The molecule has 0 aliphatic rings. The van der Waals surface area contributed by atoms with E-state index >= 15 is 0 Å². The number of nitrogens with two attached hydrogens (primary N) is 1. The van der Waals surface area contributed by atoms with E-state index in [1.165, 1.54) is 16.3 Å². The second kappa shape index (κ2) is 4.50. The number of rotatable bonds is 3. The Bertz CT molecular complexity index is 496. The smallest absolute Gasteiger partial charge is 0.0288 e. The van der Waals surface area contributed by atoms with Gasteiger partial charge >= 0.3 is 0 Å². The van der Waals surface area contributed by atoms with Gasteiger partial charge in [0.15, 0.2) is 0 Å².